The molecule has 49 heavy (non-hydrogen) atoms. The van der Waals surface area contributed by atoms with E-state index < -0.39 is 34.5 Å². The summed E-state index contributed by atoms with van der Waals surface area (Å²) in [6.45, 7) is 11.3. The Balaban J connectivity index is 0.000000457. The summed E-state index contributed by atoms with van der Waals surface area (Å²) in [5, 5.41) is 12.6. The Morgan fingerprint density at radius 3 is 1.88 bits per heavy atom. The van der Waals surface area contributed by atoms with Crippen molar-refractivity contribution in [3.8, 4) is 0 Å². The van der Waals surface area contributed by atoms with Crippen molar-refractivity contribution in [3.63, 3.8) is 0 Å². The summed E-state index contributed by atoms with van der Waals surface area (Å²) in [6.07, 6.45) is -5.02. The first-order valence-electron chi connectivity index (χ1n) is 15.6. The summed E-state index contributed by atoms with van der Waals surface area (Å²) in [5.74, 6) is 1.05. The number of aliphatic hydroxyl groups is 1. The third-order valence-electron chi connectivity index (χ3n) is 6.72. The molecule has 3 N–H and O–H groups in total. The standard InChI is InChI=1S/C14H13F6N3O2S2.C11H22O5.C6H12/c1-7-10(26-11(21-2)22-7)27(25)23-9-5-3-8(4-6-9)12(24,13(15,16)17)14(18,19)20;1-11(2)16-10-9-15-8-7-14-6-5-13-4-3-12;1-6-4-2-3-5-6/h3-6,23-24H,1-2H3,(H,21,22);3,11H,4-10H2,1-2H3;6H,2-5H2,1H3. The number of hydrogen-bond donors (Lipinski definition) is 3. The summed E-state index contributed by atoms with van der Waals surface area (Å²) in [7, 11) is -0.219. The first-order valence-corrected chi connectivity index (χ1v) is 17.5. The molecule has 0 amide bonds. The fourth-order valence-corrected chi connectivity index (χ4v) is 6.20. The monoisotopic (exact) mass is 751 g/mol. The molecule has 1 unspecified atom stereocenters. The SMILES string of the molecule is CC(C)OCCOCCOCCOCC=O.CC1CCCC1.CNc1nc(C)c(S(=O)Nc2ccc(C(O)(C(F)(F)F)C(F)(F)F)cc2)s1. The van der Waals surface area contributed by atoms with Gasteiger partial charge in [-0.05, 0) is 38.8 Å². The zero-order valence-electron chi connectivity index (χ0n) is 28.2. The molecule has 0 aliphatic heterocycles. The number of hydrogen-bond acceptors (Lipinski definition) is 10. The van der Waals surface area contributed by atoms with Crippen LogP contribution in [0.3, 0.4) is 0 Å². The Labute approximate surface area is 289 Å². The van der Waals surface area contributed by atoms with Gasteiger partial charge in [-0.1, -0.05) is 56.1 Å². The Morgan fingerprint density at radius 1 is 0.959 bits per heavy atom. The van der Waals surface area contributed by atoms with Crippen molar-refractivity contribution in [3.05, 3.63) is 35.5 Å². The van der Waals surface area contributed by atoms with Gasteiger partial charge >= 0.3 is 12.4 Å². The van der Waals surface area contributed by atoms with Gasteiger partial charge in [0.25, 0.3) is 5.60 Å². The molecular weight excluding hydrogens is 704 g/mol. The van der Waals surface area contributed by atoms with Gasteiger partial charge in [0.15, 0.2) is 16.1 Å². The van der Waals surface area contributed by atoms with Crippen LogP contribution in [0.2, 0.25) is 0 Å². The molecule has 1 fully saturated rings. The highest BCUT2D eigenvalue weighted by molar-refractivity contribution is 7.88. The molecule has 0 spiro atoms. The summed E-state index contributed by atoms with van der Waals surface area (Å²) in [4.78, 5) is 14.0. The second-order valence-electron chi connectivity index (χ2n) is 11.1. The van der Waals surface area contributed by atoms with Gasteiger partial charge in [0.05, 0.1) is 51.4 Å². The van der Waals surface area contributed by atoms with E-state index in [1.807, 2.05) is 13.8 Å². The van der Waals surface area contributed by atoms with E-state index in [2.05, 4.69) is 21.9 Å². The summed E-state index contributed by atoms with van der Waals surface area (Å²) in [6, 6.07) is 2.67. The molecule has 1 aliphatic rings. The molecule has 2 aromatic rings. The van der Waals surface area contributed by atoms with E-state index in [1.54, 1.807) is 14.0 Å². The minimum atomic E-state index is -5.97. The van der Waals surface area contributed by atoms with Crippen LogP contribution < -0.4 is 10.0 Å². The zero-order valence-corrected chi connectivity index (χ0v) is 29.9. The maximum absolute atomic E-state index is 12.9. The Bertz CT molecular complexity index is 1210. The molecule has 18 heteroatoms. The number of alkyl halides is 6. The molecule has 1 atom stereocenters. The average Bonchev–Trinajstić information content (AvgIpc) is 3.67. The predicted molar refractivity (Wildman–Crippen MR) is 176 cm³/mol. The van der Waals surface area contributed by atoms with Gasteiger partial charge in [-0.3, -0.25) is 0 Å². The van der Waals surface area contributed by atoms with Crippen molar-refractivity contribution in [2.45, 2.75) is 81.6 Å². The van der Waals surface area contributed by atoms with E-state index in [4.69, 9.17) is 18.9 Å². The molecule has 1 heterocycles. The molecule has 0 saturated heterocycles. The molecule has 0 radical (unpaired) electrons. The zero-order chi connectivity index (χ0) is 37.1. The largest absolute Gasteiger partial charge is 0.430 e. The lowest BCUT2D eigenvalue weighted by Gasteiger charge is -2.32. The van der Waals surface area contributed by atoms with Crippen molar-refractivity contribution in [1.82, 2.24) is 4.98 Å². The number of ether oxygens (including phenoxy) is 4. The fraction of sp³-hybridized carbons (Fsp3) is 0.677. The predicted octanol–water partition coefficient (Wildman–Crippen LogP) is 6.80. The lowest BCUT2D eigenvalue weighted by Crippen LogP contribution is -2.53. The smallest absolute Gasteiger partial charge is 0.377 e. The molecule has 1 aliphatic carbocycles. The Hall–Kier alpha value is -2.35. The van der Waals surface area contributed by atoms with Crippen molar-refractivity contribution in [2.24, 2.45) is 5.92 Å². The number of nitrogens with zero attached hydrogens (tertiary/aromatic N) is 1. The molecule has 3 rings (SSSR count). The van der Waals surface area contributed by atoms with Crippen LogP contribution >= 0.6 is 11.3 Å². The van der Waals surface area contributed by atoms with Crippen molar-refractivity contribution in [2.75, 3.05) is 63.3 Å². The van der Waals surface area contributed by atoms with Crippen molar-refractivity contribution < 1.29 is 59.4 Å². The number of anilines is 2. The molecule has 282 valence electrons. The van der Waals surface area contributed by atoms with E-state index in [-0.39, 0.29) is 18.4 Å². The summed E-state index contributed by atoms with van der Waals surface area (Å²) >= 11 is 1.08. The second-order valence-corrected chi connectivity index (χ2v) is 13.5. The van der Waals surface area contributed by atoms with Gasteiger partial charge in [0.2, 0.25) is 0 Å². The summed E-state index contributed by atoms with van der Waals surface area (Å²) < 4.78 is 113. The number of thiazole rings is 1. The number of nitrogens with one attached hydrogen (secondary N) is 2. The third-order valence-corrected chi connectivity index (χ3v) is 9.45. The number of carbonyl (C=O) groups is 1. The van der Waals surface area contributed by atoms with E-state index in [9.17, 15) is 40.5 Å². The molecule has 1 aromatic heterocycles. The molecular formula is C31H47F6N3O7S2. The van der Waals surface area contributed by atoms with E-state index in [0.29, 0.717) is 66.8 Å². The number of rotatable bonds is 17. The van der Waals surface area contributed by atoms with Crippen LogP contribution in [0.5, 0.6) is 0 Å². The number of carbonyl (C=O) groups excluding carboxylic acids is 1. The first kappa shape index (κ1) is 44.7. The molecule has 10 nitrogen and oxygen atoms in total. The van der Waals surface area contributed by atoms with Gasteiger partial charge in [-0.15, -0.1) is 0 Å². The minimum absolute atomic E-state index is 0.00240. The lowest BCUT2D eigenvalue weighted by atomic mass is 9.92. The number of aromatic nitrogens is 1. The molecule has 1 saturated carbocycles. The maximum atomic E-state index is 12.9. The Morgan fingerprint density at radius 2 is 1.47 bits per heavy atom. The van der Waals surface area contributed by atoms with E-state index in [0.717, 1.165) is 35.7 Å². The molecule has 0 bridgehead atoms. The van der Waals surface area contributed by atoms with E-state index in [1.165, 1.54) is 25.7 Å². The maximum Gasteiger partial charge on any atom is 0.430 e. The third kappa shape index (κ3) is 16.0. The topological polar surface area (TPSA) is 128 Å². The first-order chi connectivity index (χ1) is 23.0. The van der Waals surface area contributed by atoms with Gasteiger partial charge in [0, 0.05) is 18.3 Å². The van der Waals surface area contributed by atoms with Crippen molar-refractivity contribution in [1.29, 1.82) is 0 Å². The highest BCUT2D eigenvalue weighted by Crippen LogP contribution is 2.50. The van der Waals surface area contributed by atoms with Crippen LogP contribution in [-0.2, 0) is 40.3 Å². The fourth-order valence-electron chi connectivity index (χ4n) is 4.13. The van der Waals surface area contributed by atoms with Crippen LogP contribution in [0, 0.1) is 12.8 Å². The number of aryl methyl sites for hydroxylation is 1. The van der Waals surface area contributed by atoms with Crippen molar-refractivity contribution >= 4 is 39.4 Å². The highest BCUT2D eigenvalue weighted by Gasteiger charge is 2.71. The van der Waals surface area contributed by atoms with Gasteiger partial charge in [-0.2, -0.15) is 26.3 Å². The second kappa shape index (κ2) is 22.5. The number of benzene rings is 1. The minimum Gasteiger partial charge on any atom is -0.377 e. The summed E-state index contributed by atoms with van der Waals surface area (Å²) in [5.41, 5.74) is -5.95. The molecule has 1 aromatic carbocycles. The van der Waals surface area contributed by atoms with Gasteiger partial charge < -0.3 is 38.9 Å². The van der Waals surface area contributed by atoms with Gasteiger partial charge in [-0.25, -0.2) is 9.19 Å². The Kier molecular flexibility index (Phi) is 20.5. The van der Waals surface area contributed by atoms with E-state index >= 15 is 0 Å². The van der Waals surface area contributed by atoms with Crippen LogP contribution in [-0.4, -0.2) is 92.3 Å². The lowest BCUT2D eigenvalue weighted by molar-refractivity contribution is -0.376. The van der Waals surface area contributed by atoms with Crippen LogP contribution in [0.4, 0.5) is 37.2 Å². The van der Waals surface area contributed by atoms with Crippen LogP contribution in [0.25, 0.3) is 0 Å². The van der Waals surface area contributed by atoms with Crippen LogP contribution in [0.15, 0.2) is 28.5 Å². The highest BCUT2D eigenvalue weighted by atomic mass is 32.2. The average molecular weight is 752 g/mol. The van der Waals surface area contributed by atoms with Crippen LogP contribution in [0.1, 0.15) is 57.7 Å². The number of halogens is 6. The number of aldehydes is 1. The quantitative estimate of drug-likeness (QED) is 0.0909. The van der Waals surface area contributed by atoms with Gasteiger partial charge in [0.1, 0.15) is 17.1 Å². The normalized spacial score (nSPS) is 14.5.